The number of anilines is 1. The van der Waals surface area contributed by atoms with Crippen LogP contribution >= 0.6 is 0 Å². The Hall–Kier alpha value is -2.07. The molecule has 0 bridgehead atoms. The smallest absolute Gasteiger partial charge is 0.360 e. The van der Waals surface area contributed by atoms with Crippen LogP contribution in [0.3, 0.4) is 0 Å². The maximum absolute atomic E-state index is 13.3. The molecule has 0 N–H and O–H groups in total. The van der Waals surface area contributed by atoms with Gasteiger partial charge in [-0.15, -0.1) is 0 Å². The normalized spacial score (nSPS) is 12.6. The van der Waals surface area contributed by atoms with Crippen LogP contribution in [0, 0.1) is 13.8 Å². The van der Waals surface area contributed by atoms with Crippen LogP contribution in [0.2, 0.25) is 0 Å². The van der Waals surface area contributed by atoms with Gasteiger partial charge in [0.05, 0.1) is 11.3 Å². The first kappa shape index (κ1) is 22.2. The molecule has 2 rings (SSSR count). The van der Waals surface area contributed by atoms with Crippen molar-refractivity contribution >= 4 is 15.7 Å². The molecule has 0 aliphatic heterocycles. The maximum atomic E-state index is 13.3. The van der Waals surface area contributed by atoms with E-state index in [4.69, 9.17) is 4.52 Å². The molecule has 1 aromatic carbocycles. The molecule has 0 fully saturated rings. The summed E-state index contributed by atoms with van der Waals surface area (Å²) < 4.78 is 72.0. The zero-order valence-electron chi connectivity index (χ0n) is 16.2. The van der Waals surface area contributed by atoms with Crippen molar-refractivity contribution in [3.05, 3.63) is 41.3 Å². The van der Waals surface area contributed by atoms with Crippen LogP contribution in [0.5, 0.6) is 0 Å². The third-order valence-corrected chi connectivity index (χ3v) is 6.56. The maximum Gasteiger partial charge on any atom is 0.416 e. The van der Waals surface area contributed by atoms with Crippen molar-refractivity contribution in [3.63, 3.8) is 0 Å². The highest BCUT2D eigenvalue weighted by atomic mass is 32.2. The van der Waals surface area contributed by atoms with Gasteiger partial charge in [-0.05, 0) is 45.1 Å². The monoisotopic (exact) mass is 419 g/mol. The van der Waals surface area contributed by atoms with Gasteiger partial charge >= 0.3 is 6.18 Å². The molecule has 6 nitrogen and oxygen atoms in total. The molecule has 1 heterocycles. The summed E-state index contributed by atoms with van der Waals surface area (Å²) in [6.07, 6.45) is -4.58. The van der Waals surface area contributed by atoms with E-state index in [1.807, 2.05) is 18.7 Å². The van der Waals surface area contributed by atoms with E-state index in [9.17, 15) is 21.6 Å². The number of hydrogen-bond acceptors (Lipinski definition) is 5. The van der Waals surface area contributed by atoms with E-state index < -0.39 is 21.8 Å². The van der Waals surface area contributed by atoms with Gasteiger partial charge in [0.2, 0.25) is 0 Å². The van der Waals surface area contributed by atoms with Gasteiger partial charge in [-0.3, -0.25) is 4.31 Å². The van der Waals surface area contributed by atoms with E-state index in [2.05, 4.69) is 5.16 Å². The number of aryl methyl sites for hydroxylation is 2. The molecule has 1 aromatic heterocycles. The zero-order chi connectivity index (χ0) is 21.1. The summed E-state index contributed by atoms with van der Waals surface area (Å²) in [5.74, 6) is 0.0947. The summed E-state index contributed by atoms with van der Waals surface area (Å²) >= 11 is 0. The Bertz CT molecular complexity index is 887. The number of nitrogens with zero attached hydrogens (tertiary/aromatic N) is 3. The molecular formula is C18H24F3N3O3S. The lowest BCUT2D eigenvalue weighted by Crippen LogP contribution is -2.39. The summed E-state index contributed by atoms with van der Waals surface area (Å²) in [5, 5.41) is 3.67. The van der Waals surface area contributed by atoms with E-state index in [-0.39, 0.29) is 28.6 Å². The number of alkyl halides is 3. The Morgan fingerprint density at radius 1 is 1.11 bits per heavy atom. The van der Waals surface area contributed by atoms with Gasteiger partial charge in [0.15, 0.2) is 10.7 Å². The van der Waals surface area contributed by atoms with Gasteiger partial charge in [-0.25, -0.2) is 8.42 Å². The van der Waals surface area contributed by atoms with Crippen LogP contribution in [-0.4, -0.2) is 44.7 Å². The molecule has 0 aliphatic rings. The molecule has 0 saturated heterocycles. The highest BCUT2D eigenvalue weighted by molar-refractivity contribution is 7.93. The van der Waals surface area contributed by atoms with Gasteiger partial charge in [-0.2, -0.15) is 13.2 Å². The van der Waals surface area contributed by atoms with E-state index in [1.165, 1.54) is 26.0 Å². The second-order valence-corrected chi connectivity index (χ2v) is 8.10. The molecular weight excluding hydrogens is 395 g/mol. The first-order valence-electron chi connectivity index (χ1n) is 8.87. The molecule has 10 heteroatoms. The van der Waals surface area contributed by atoms with Crippen molar-refractivity contribution in [2.75, 3.05) is 30.5 Å². The van der Waals surface area contributed by atoms with Crippen LogP contribution < -0.4 is 4.31 Å². The van der Waals surface area contributed by atoms with Gasteiger partial charge in [-0.1, -0.05) is 25.1 Å². The molecule has 0 spiro atoms. The molecule has 0 atom stereocenters. The lowest BCUT2D eigenvalue weighted by Gasteiger charge is -2.28. The van der Waals surface area contributed by atoms with Gasteiger partial charge in [0.25, 0.3) is 10.0 Å². The first-order chi connectivity index (χ1) is 13.0. The molecule has 156 valence electrons. The average Bonchev–Trinajstić information content (AvgIpc) is 2.97. The van der Waals surface area contributed by atoms with Gasteiger partial charge in [0.1, 0.15) is 5.69 Å². The molecule has 0 aliphatic carbocycles. The van der Waals surface area contributed by atoms with Crippen LogP contribution in [0.25, 0.3) is 0 Å². The van der Waals surface area contributed by atoms with Crippen molar-refractivity contribution < 1.29 is 26.1 Å². The third kappa shape index (κ3) is 4.67. The molecule has 0 amide bonds. The topological polar surface area (TPSA) is 66.7 Å². The first-order valence-corrected chi connectivity index (χ1v) is 10.3. The van der Waals surface area contributed by atoms with E-state index >= 15 is 0 Å². The summed E-state index contributed by atoms with van der Waals surface area (Å²) in [4.78, 5) is 1.87. The number of rotatable bonds is 8. The van der Waals surface area contributed by atoms with Gasteiger partial charge < -0.3 is 9.42 Å². The third-order valence-electron chi connectivity index (χ3n) is 4.49. The van der Waals surface area contributed by atoms with Crippen molar-refractivity contribution in [1.82, 2.24) is 10.1 Å². The fraction of sp³-hybridized carbons (Fsp3) is 0.500. The van der Waals surface area contributed by atoms with Crippen molar-refractivity contribution in [1.29, 1.82) is 0 Å². The van der Waals surface area contributed by atoms with Crippen LogP contribution in [0.15, 0.2) is 33.7 Å². The number of sulfonamides is 1. The minimum atomic E-state index is -4.58. The second kappa shape index (κ2) is 8.52. The van der Waals surface area contributed by atoms with Crippen molar-refractivity contribution in [2.24, 2.45) is 0 Å². The fourth-order valence-corrected chi connectivity index (χ4v) is 4.70. The summed E-state index contributed by atoms with van der Waals surface area (Å²) in [7, 11) is -4.16. The van der Waals surface area contributed by atoms with E-state index in [1.54, 1.807) is 0 Å². The van der Waals surface area contributed by atoms with Crippen molar-refractivity contribution in [3.8, 4) is 0 Å². The number of aromatic nitrogens is 1. The predicted molar refractivity (Wildman–Crippen MR) is 99.7 cm³/mol. The zero-order valence-corrected chi connectivity index (χ0v) is 17.1. The predicted octanol–water partition coefficient (Wildman–Crippen LogP) is 3.85. The number of halogens is 3. The molecule has 0 radical (unpaired) electrons. The van der Waals surface area contributed by atoms with Crippen LogP contribution in [0.4, 0.5) is 18.9 Å². The van der Waals surface area contributed by atoms with Crippen LogP contribution in [-0.2, 0) is 16.2 Å². The van der Waals surface area contributed by atoms with E-state index in [0.29, 0.717) is 19.6 Å². The lowest BCUT2D eigenvalue weighted by atomic mass is 10.2. The standard InChI is InChI=1S/C18H24F3N3O3S/c1-5-23(6-2)10-11-24(16-9-7-8-15(12-16)18(19,20)21)28(25,26)17-13(3)22-27-14(17)4/h7-9,12H,5-6,10-11H2,1-4H3. The molecule has 2 aromatic rings. The Morgan fingerprint density at radius 2 is 1.75 bits per heavy atom. The number of hydrogen-bond donors (Lipinski definition) is 0. The van der Waals surface area contributed by atoms with E-state index in [0.717, 1.165) is 16.4 Å². The highest BCUT2D eigenvalue weighted by Crippen LogP contribution is 2.34. The Kier molecular flexibility index (Phi) is 6.76. The molecule has 0 unspecified atom stereocenters. The van der Waals surface area contributed by atoms with Crippen LogP contribution in [0.1, 0.15) is 30.9 Å². The minimum absolute atomic E-state index is 0.00458. The largest absolute Gasteiger partial charge is 0.416 e. The number of benzene rings is 1. The summed E-state index contributed by atoms with van der Waals surface area (Å²) in [6.45, 7) is 8.55. The number of likely N-dealkylation sites (N-methyl/N-ethyl adjacent to an activating group) is 1. The Morgan fingerprint density at radius 3 is 2.25 bits per heavy atom. The fourth-order valence-electron chi connectivity index (χ4n) is 2.95. The average molecular weight is 419 g/mol. The molecule has 0 saturated carbocycles. The van der Waals surface area contributed by atoms with Crippen molar-refractivity contribution in [2.45, 2.75) is 38.8 Å². The quantitative estimate of drug-likeness (QED) is 0.650. The lowest BCUT2D eigenvalue weighted by molar-refractivity contribution is -0.137. The second-order valence-electron chi connectivity index (χ2n) is 6.31. The SMILES string of the molecule is CCN(CC)CCN(c1cccc(C(F)(F)F)c1)S(=O)(=O)c1c(C)noc1C. The van der Waals surface area contributed by atoms with Gasteiger partial charge in [0, 0.05) is 13.1 Å². The minimum Gasteiger partial charge on any atom is -0.360 e. The summed E-state index contributed by atoms with van der Waals surface area (Å²) in [6, 6.07) is 4.31. The molecule has 28 heavy (non-hydrogen) atoms. The Balaban J connectivity index is 2.55. The highest BCUT2D eigenvalue weighted by Gasteiger charge is 2.34. The Labute approximate surface area is 163 Å². The summed E-state index contributed by atoms with van der Waals surface area (Å²) in [5.41, 5.74) is -0.800.